The lowest BCUT2D eigenvalue weighted by Gasteiger charge is -2.14. The lowest BCUT2D eigenvalue weighted by molar-refractivity contribution is -0.114. The molecule has 2 amide bonds. The average Bonchev–Trinajstić information content (AvgIpc) is 3.16. The number of nitrogens with one attached hydrogen (secondary N) is 2. The number of carbonyl (C=O) groups is 2. The number of anilines is 1. The van der Waals surface area contributed by atoms with Gasteiger partial charge in [0.05, 0.1) is 11.8 Å². The minimum Gasteiger partial charge on any atom is -0.376 e. The summed E-state index contributed by atoms with van der Waals surface area (Å²) in [5, 5.41) is 5.63. The van der Waals surface area contributed by atoms with Crippen molar-refractivity contribution in [2.75, 3.05) is 18.5 Å². The molecule has 0 aliphatic carbocycles. The van der Waals surface area contributed by atoms with Crippen LogP contribution in [-0.2, 0) is 9.53 Å². The molecule has 3 rings (SSSR count). The maximum atomic E-state index is 13.1. The molecule has 0 radical (unpaired) electrons. The molecule has 1 saturated heterocycles. The smallest absolute Gasteiger partial charge is 0.251 e. The summed E-state index contributed by atoms with van der Waals surface area (Å²) >= 11 is 1.39. The molecule has 27 heavy (non-hydrogen) atoms. The van der Waals surface area contributed by atoms with Gasteiger partial charge < -0.3 is 15.4 Å². The van der Waals surface area contributed by atoms with Gasteiger partial charge in [-0.3, -0.25) is 9.59 Å². The van der Waals surface area contributed by atoms with Crippen LogP contribution in [0.3, 0.4) is 0 Å². The maximum Gasteiger partial charge on any atom is 0.251 e. The van der Waals surface area contributed by atoms with Crippen molar-refractivity contribution >= 4 is 29.3 Å². The molecule has 5 nitrogen and oxygen atoms in total. The fraction of sp³-hybridized carbons (Fsp3) is 0.300. The summed E-state index contributed by atoms with van der Waals surface area (Å²) in [7, 11) is 0. The molecule has 1 aliphatic rings. The highest BCUT2D eigenvalue weighted by Gasteiger charge is 2.17. The highest BCUT2D eigenvalue weighted by molar-refractivity contribution is 7.99. The first kappa shape index (κ1) is 19.4. The Morgan fingerprint density at radius 1 is 1.22 bits per heavy atom. The van der Waals surface area contributed by atoms with Gasteiger partial charge in [-0.25, -0.2) is 4.39 Å². The lowest BCUT2D eigenvalue weighted by Crippen LogP contribution is -2.31. The molecular weight excluding hydrogens is 367 g/mol. The molecule has 0 aromatic heterocycles. The Morgan fingerprint density at radius 2 is 2.00 bits per heavy atom. The van der Waals surface area contributed by atoms with Gasteiger partial charge in [0.1, 0.15) is 5.82 Å². The van der Waals surface area contributed by atoms with E-state index in [1.165, 1.54) is 30.8 Å². The average molecular weight is 388 g/mol. The van der Waals surface area contributed by atoms with Gasteiger partial charge in [-0.1, -0.05) is 11.8 Å². The van der Waals surface area contributed by atoms with Crippen molar-refractivity contribution in [1.29, 1.82) is 0 Å². The molecule has 0 bridgehead atoms. The molecule has 142 valence electrons. The van der Waals surface area contributed by atoms with Crippen LogP contribution in [0.1, 0.15) is 30.1 Å². The van der Waals surface area contributed by atoms with Crippen LogP contribution in [0.4, 0.5) is 10.1 Å². The summed E-state index contributed by atoms with van der Waals surface area (Å²) in [6.07, 6.45) is 2.03. The second kappa shape index (κ2) is 9.01. The van der Waals surface area contributed by atoms with Crippen LogP contribution in [0.15, 0.2) is 52.3 Å². The van der Waals surface area contributed by atoms with E-state index in [4.69, 9.17) is 4.74 Å². The lowest BCUT2D eigenvalue weighted by atomic mass is 10.1. The first-order chi connectivity index (χ1) is 13.0. The molecule has 2 N–H and O–H groups in total. The second-order valence-corrected chi connectivity index (χ2v) is 7.41. The van der Waals surface area contributed by atoms with E-state index in [2.05, 4.69) is 10.6 Å². The third-order valence-corrected chi connectivity index (χ3v) is 5.19. The minimum atomic E-state index is -0.306. The number of rotatable bonds is 6. The number of halogens is 1. The van der Waals surface area contributed by atoms with Gasteiger partial charge in [0.2, 0.25) is 5.91 Å². The van der Waals surface area contributed by atoms with E-state index in [1.807, 2.05) is 0 Å². The van der Waals surface area contributed by atoms with E-state index in [0.717, 1.165) is 29.2 Å². The quantitative estimate of drug-likeness (QED) is 0.789. The molecule has 2 aromatic rings. The number of benzene rings is 2. The van der Waals surface area contributed by atoms with Gasteiger partial charge in [-0.05, 0) is 55.3 Å². The predicted molar refractivity (Wildman–Crippen MR) is 103 cm³/mol. The molecule has 1 aliphatic heterocycles. The van der Waals surface area contributed by atoms with Crippen molar-refractivity contribution in [1.82, 2.24) is 5.32 Å². The van der Waals surface area contributed by atoms with Crippen molar-refractivity contribution in [3.63, 3.8) is 0 Å². The van der Waals surface area contributed by atoms with E-state index in [0.29, 0.717) is 17.8 Å². The first-order valence-corrected chi connectivity index (χ1v) is 9.58. The summed E-state index contributed by atoms with van der Waals surface area (Å²) in [5.74, 6) is -0.747. The molecule has 1 fully saturated rings. The number of carbonyl (C=O) groups excluding carboxylic acids is 2. The monoisotopic (exact) mass is 388 g/mol. The molecule has 0 spiro atoms. The third kappa shape index (κ3) is 5.55. The Balaban J connectivity index is 1.74. The number of hydrogen-bond donors (Lipinski definition) is 2. The SMILES string of the molecule is CC(=O)Nc1cc(C(=O)NC[C@H]2CCCO2)ccc1Sc1ccc(F)cc1. The van der Waals surface area contributed by atoms with Crippen LogP contribution in [0.5, 0.6) is 0 Å². The van der Waals surface area contributed by atoms with Crippen molar-refractivity contribution in [3.8, 4) is 0 Å². The van der Waals surface area contributed by atoms with Gasteiger partial charge >= 0.3 is 0 Å². The van der Waals surface area contributed by atoms with E-state index >= 15 is 0 Å². The highest BCUT2D eigenvalue weighted by Crippen LogP contribution is 2.34. The Hall–Kier alpha value is -2.38. The Kier molecular flexibility index (Phi) is 6.47. The summed E-state index contributed by atoms with van der Waals surface area (Å²) in [5.41, 5.74) is 1.00. The van der Waals surface area contributed by atoms with Crippen molar-refractivity contribution in [2.24, 2.45) is 0 Å². The Bertz CT molecular complexity index is 820. The zero-order valence-corrected chi connectivity index (χ0v) is 15.8. The van der Waals surface area contributed by atoms with Gasteiger partial charge in [0, 0.05) is 35.4 Å². The van der Waals surface area contributed by atoms with Crippen LogP contribution in [0.25, 0.3) is 0 Å². The number of ether oxygens (including phenoxy) is 1. The molecule has 1 atom stereocenters. The molecule has 0 saturated carbocycles. The van der Waals surface area contributed by atoms with Crippen LogP contribution in [-0.4, -0.2) is 31.1 Å². The normalized spacial score (nSPS) is 16.1. The van der Waals surface area contributed by atoms with E-state index in [1.54, 1.807) is 30.3 Å². The van der Waals surface area contributed by atoms with Crippen molar-refractivity contribution in [2.45, 2.75) is 35.7 Å². The van der Waals surface area contributed by atoms with Gasteiger partial charge in [-0.15, -0.1) is 0 Å². The topological polar surface area (TPSA) is 67.4 Å². The first-order valence-electron chi connectivity index (χ1n) is 8.76. The molecular formula is C20H21FN2O3S. The molecule has 0 unspecified atom stereocenters. The van der Waals surface area contributed by atoms with Gasteiger partial charge in [0.25, 0.3) is 5.91 Å². The van der Waals surface area contributed by atoms with E-state index in [9.17, 15) is 14.0 Å². The van der Waals surface area contributed by atoms with E-state index < -0.39 is 0 Å². The Morgan fingerprint density at radius 3 is 2.67 bits per heavy atom. The fourth-order valence-corrected chi connectivity index (χ4v) is 3.67. The second-order valence-electron chi connectivity index (χ2n) is 6.29. The third-order valence-electron chi connectivity index (χ3n) is 4.11. The standard InChI is InChI=1S/C20H21FN2O3S/c1-13(24)23-18-11-14(20(25)22-12-16-3-2-10-26-16)4-9-19(18)27-17-7-5-15(21)6-8-17/h4-9,11,16H,2-3,10,12H2,1H3,(H,22,25)(H,23,24)/t16-/m1/s1. The molecule has 1 heterocycles. The summed E-state index contributed by atoms with van der Waals surface area (Å²) in [6, 6.07) is 11.2. The molecule has 7 heteroatoms. The summed E-state index contributed by atoms with van der Waals surface area (Å²) in [6.45, 7) is 2.62. The maximum absolute atomic E-state index is 13.1. The summed E-state index contributed by atoms with van der Waals surface area (Å²) in [4.78, 5) is 25.6. The van der Waals surface area contributed by atoms with E-state index in [-0.39, 0.29) is 23.7 Å². The number of amides is 2. The van der Waals surface area contributed by atoms with Crippen LogP contribution < -0.4 is 10.6 Å². The highest BCUT2D eigenvalue weighted by atomic mass is 32.2. The van der Waals surface area contributed by atoms with Crippen LogP contribution in [0, 0.1) is 5.82 Å². The predicted octanol–water partition coefficient (Wildman–Crippen LogP) is 3.84. The zero-order valence-electron chi connectivity index (χ0n) is 15.0. The number of hydrogen-bond acceptors (Lipinski definition) is 4. The van der Waals surface area contributed by atoms with Crippen LogP contribution in [0.2, 0.25) is 0 Å². The largest absolute Gasteiger partial charge is 0.376 e. The minimum absolute atomic E-state index is 0.0667. The summed E-state index contributed by atoms with van der Waals surface area (Å²) < 4.78 is 18.6. The van der Waals surface area contributed by atoms with Crippen molar-refractivity contribution in [3.05, 3.63) is 53.8 Å². The fourth-order valence-electron chi connectivity index (χ4n) is 2.79. The van der Waals surface area contributed by atoms with Gasteiger partial charge in [-0.2, -0.15) is 0 Å². The van der Waals surface area contributed by atoms with Crippen LogP contribution >= 0.6 is 11.8 Å². The van der Waals surface area contributed by atoms with Gasteiger partial charge in [0.15, 0.2) is 0 Å². The zero-order chi connectivity index (χ0) is 19.2. The Labute approximate surface area is 161 Å². The molecule has 2 aromatic carbocycles. The van der Waals surface area contributed by atoms with Crippen molar-refractivity contribution < 1.29 is 18.7 Å².